The lowest BCUT2D eigenvalue weighted by Gasteiger charge is -2.28. The Morgan fingerprint density at radius 1 is 1.10 bits per heavy atom. The van der Waals surface area contributed by atoms with Crippen molar-refractivity contribution in [2.75, 3.05) is 13.2 Å². The Morgan fingerprint density at radius 3 is 2.60 bits per heavy atom. The smallest absolute Gasteiger partial charge is 0.326 e. The van der Waals surface area contributed by atoms with E-state index in [1.54, 1.807) is 25.2 Å². The van der Waals surface area contributed by atoms with E-state index in [0.717, 1.165) is 42.7 Å². The zero-order valence-corrected chi connectivity index (χ0v) is 17.4. The molecule has 30 heavy (non-hydrogen) atoms. The molecule has 0 saturated heterocycles. The van der Waals surface area contributed by atoms with Crippen molar-refractivity contribution >= 4 is 16.9 Å². The lowest BCUT2D eigenvalue weighted by molar-refractivity contribution is 0.0940. The predicted octanol–water partition coefficient (Wildman–Crippen LogP) is 3.87. The number of nitrogens with zero attached hydrogens (tertiary/aromatic N) is 1. The molecule has 3 aromatic rings. The molecule has 2 aromatic carbocycles. The average Bonchev–Trinajstić information content (AvgIpc) is 3.07. The van der Waals surface area contributed by atoms with Crippen molar-refractivity contribution in [2.45, 2.75) is 32.1 Å². The summed E-state index contributed by atoms with van der Waals surface area (Å²) in [6, 6.07) is 15.3. The van der Waals surface area contributed by atoms with Gasteiger partial charge in [-0.2, -0.15) is 0 Å². The lowest BCUT2D eigenvalue weighted by atomic mass is 9.80. The van der Waals surface area contributed by atoms with Crippen LogP contribution in [-0.2, 0) is 7.05 Å². The molecule has 1 aliphatic carbocycles. The van der Waals surface area contributed by atoms with Crippen LogP contribution in [0.3, 0.4) is 0 Å². The van der Waals surface area contributed by atoms with E-state index < -0.39 is 0 Å². The van der Waals surface area contributed by atoms with Gasteiger partial charge in [0.15, 0.2) is 0 Å². The summed E-state index contributed by atoms with van der Waals surface area (Å²) in [6.45, 7) is 1.47. The number of imidazole rings is 1. The van der Waals surface area contributed by atoms with Crippen molar-refractivity contribution in [3.8, 4) is 5.75 Å². The van der Waals surface area contributed by atoms with Crippen LogP contribution in [0, 0.1) is 11.8 Å². The van der Waals surface area contributed by atoms with Crippen LogP contribution in [0.4, 0.5) is 0 Å². The number of aromatic nitrogens is 2. The van der Waals surface area contributed by atoms with Gasteiger partial charge in [0, 0.05) is 19.2 Å². The van der Waals surface area contributed by atoms with Gasteiger partial charge in [-0.3, -0.25) is 9.36 Å². The van der Waals surface area contributed by atoms with Crippen molar-refractivity contribution in [1.82, 2.24) is 14.9 Å². The number of hydrogen-bond acceptors (Lipinski definition) is 3. The van der Waals surface area contributed by atoms with E-state index in [0.29, 0.717) is 23.9 Å². The van der Waals surface area contributed by atoms with Crippen LogP contribution in [0.25, 0.3) is 11.0 Å². The second-order valence-corrected chi connectivity index (χ2v) is 8.27. The topological polar surface area (TPSA) is 76.1 Å². The first-order valence-corrected chi connectivity index (χ1v) is 10.7. The van der Waals surface area contributed by atoms with Crippen LogP contribution in [0.15, 0.2) is 53.3 Å². The van der Waals surface area contributed by atoms with Crippen molar-refractivity contribution in [2.24, 2.45) is 18.9 Å². The molecule has 1 aromatic heterocycles. The zero-order valence-electron chi connectivity index (χ0n) is 17.4. The summed E-state index contributed by atoms with van der Waals surface area (Å²) in [6.07, 6.45) is 5.75. The minimum atomic E-state index is -0.173. The summed E-state index contributed by atoms with van der Waals surface area (Å²) in [5.41, 5.74) is 1.90. The molecule has 1 heterocycles. The molecule has 0 spiro atoms. The maximum Gasteiger partial charge on any atom is 0.326 e. The maximum atomic E-state index is 12.6. The molecule has 2 N–H and O–H groups in total. The van der Waals surface area contributed by atoms with Crippen molar-refractivity contribution in [3.05, 3.63) is 64.6 Å². The molecule has 0 atom stereocenters. The van der Waals surface area contributed by atoms with Crippen LogP contribution in [-0.4, -0.2) is 28.6 Å². The number of carbonyl (C=O) groups is 1. The first-order valence-electron chi connectivity index (χ1n) is 10.7. The molecule has 6 heteroatoms. The molecule has 4 rings (SSSR count). The minimum Gasteiger partial charge on any atom is -0.494 e. The highest BCUT2D eigenvalue weighted by Gasteiger charge is 2.22. The number of rotatable bonds is 7. The van der Waals surface area contributed by atoms with E-state index in [9.17, 15) is 9.59 Å². The van der Waals surface area contributed by atoms with Gasteiger partial charge >= 0.3 is 5.69 Å². The summed E-state index contributed by atoms with van der Waals surface area (Å²) in [7, 11) is 1.70. The average molecular weight is 408 g/mol. The van der Waals surface area contributed by atoms with Gasteiger partial charge in [-0.15, -0.1) is 0 Å². The minimum absolute atomic E-state index is 0.0797. The number of fused-ring (bicyclic) bond motifs is 1. The highest BCUT2D eigenvalue weighted by molar-refractivity contribution is 5.97. The number of aryl methyl sites for hydroxylation is 1. The fraction of sp³-hybridized carbons (Fsp3) is 0.417. The van der Waals surface area contributed by atoms with E-state index in [-0.39, 0.29) is 11.6 Å². The van der Waals surface area contributed by atoms with Crippen LogP contribution in [0.1, 0.15) is 42.5 Å². The Labute approximate surface area is 176 Å². The molecule has 1 saturated carbocycles. The summed E-state index contributed by atoms with van der Waals surface area (Å²) in [4.78, 5) is 27.1. The predicted molar refractivity (Wildman–Crippen MR) is 118 cm³/mol. The molecular formula is C24H29N3O3. The number of H-pyrrole nitrogens is 1. The van der Waals surface area contributed by atoms with E-state index in [1.807, 2.05) is 30.3 Å². The monoisotopic (exact) mass is 407 g/mol. The SMILES string of the molecule is Cn1c(=O)[nH]c2ccc(C(=O)NCC3CCC(CCOc4ccccc4)CC3)cc21. The van der Waals surface area contributed by atoms with Gasteiger partial charge in [-0.1, -0.05) is 18.2 Å². The van der Waals surface area contributed by atoms with Crippen LogP contribution in [0.2, 0.25) is 0 Å². The van der Waals surface area contributed by atoms with Gasteiger partial charge in [0.1, 0.15) is 5.75 Å². The number of hydrogen-bond donors (Lipinski definition) is 2. The van der Waals surface area contributed by atoms with E-state index in [2.05, 4.69) is 10.3 Å². The summed E-state index contributed by atoms with van der Waals surface area (Å²) < 4.78 is 7.35. The van der Waals surface area contributed by atoms with Gasteiger partial charge < -0.3 is 15.0 Å². The molecule has 0 bridgehead atoms. The number of benzene rings is 2. The third-order valence-electron chi connectivity index (χ3n) is 6.22. The quantitative estimate of drug-likeness (QED) is 0.624. The van der Waals surface area contributed by atoms with Crippen molar-refractivity contribution < 1.29 is 9.53 Å². The fourth-order valence-electron chi connectivity index (χ4n) is 4.29. The third kappa shape index (κ3) is 4.75. The van der Waals surface area contributed by atoms with Gasteiger partial charge in [0.2, 0.25) is 0 Å². The zero-order chi connectivity index (χ0) is 20.9. The third-order valence-corrected chi connectivity index (χ3v) is 6.22. The van der Waals surface area contributed by atoms with Crippen LogP contribution < -0.4 is 15.7 Å². The second kappa shape index (κ2) is 9.20. The van der Waals surface area contributed by atoms with Crippen LogP contribution in [0.5, 0.6) is 5.75 Å². The summed E-state index contributed by atoms with van der Waals surface area (Å²) >= 11 is 0. The number of ether oxygens (including phenoxy) is 1. The number of nitrogens with one attached hydrogen (secondary N) is 2. The number of aromatic amines is 1. The molecule has 1 aliphatic rings. The van der Waals surface area contributed by atoms with Gasteiger partial charge in [0.25, 0.3) is 5.91 Å². The molecule has 0 radical (unpaired) electrons. The molecule has 1 fully saturated rings. The van der Waals surface area contributed by atoms with Gasteiger partial charge in [0.05, 0.1) is 17.6 Å². The normalized spacial score (nSPS) is 19.0. The summed E-state index contributed by atoms with van der Waals surface area (Å²) in [5, 5.41) is 3.08. The molecule has 0 unspecified atom stereocenters. The molecular weight excluding hydrogens is 378 g/mol. The molecule has 0 aliphatic heterocycles. The Morgan fingerprint density at radius 2 is 1.83 bits per heavy atom. The Kier molecular flexibility index (Phi) is 6.21. The van der Waals surface area contributed by atoms with Crippen LogP contribution >= 0.6 is 0 Å². The lowest BCUT2D eigenvalue weighted by Crippen LogP contribution is -2.31. The van der Waals surface area contributed by atoms with E-state index >= 15 is 0 Å². The number of para-hydroxylation sites is 1. The van der Waals surface area contributed by atoms with E-state index in [1.165, 1.54) is 17.4 Å². The largest absolute Gasteiger partial charge is 0.494 e. The summed E-state index contributed by atoms with van der Waals surface area (Å²) in [5.74, 6) is 2.09. The molecule has 1 amide bonds. The number of amides is 1. The van der Waals surface area contributed by atoms with Gasteiger partial charge in [-0.05, 0) is 74.3 Å². The number of carbonyl (C=O) groups excluding carboxylic acids is 1. The Bertz CT molecular complexity index is 1050. The molecule has 6 nitrogen and oxygen atoms in total. The molecule has 158 valence electrons. The van der Waals surface area contributed by atoms with Crippen molar-refractivity contribution in [1.29, 1.82) is 0 Å². The highest BCUT2D eigenvalue weighted by Crippen LogP contribution is 2.30. The Hall–Kier alpha value is -3.02. The van der Waals surface area contributed by atoms with E-state index in [4.69, 9.17) is 4.74 Å². The maximum absolute atomic E-state index is 12.6. The first kappa shape index (κ1) is 20.3. The fourth-order valence-corrected chi connectivity index (χ4v) is 4.29. The van der Waals surface area contributed by atoms with Gasteiger partial charge in [-0.25, -0.2) is 4.79 Å². The highest BCUT2D eigenvalue weighted by atomic mass is 16.5. The first-order chi connectivity index (χ1) is 14.6. The second-order valence-electron chi connectivity index (χ2n) is 8.27. The Balaban J connectivity index is 1.20. The van der Waals surface area contributed by atoms with Crippen molar-refractivity contribution in [3.63, 3.8) is 0 Å². The standard InChI is InChI=1S/C24H29N3O3/c1-27-22-15-19(11-12-21(22)26-24(27)29)23(28)25-16-18-9-7-17(8-10-18)13-14-30-20-5-3-2-4-6-20/h2-6,11-12,15,17-18H,7-10,13-14,16H2,1H3,(H,25,28)(H,26,29).